The molecule has 0 fully saturated rings. The molecule has 0 atom stereocenters. The van der Waals surface area contributed by atoms with Crippen LogP contribution in [-0.4, -0.2) is 44.2 Å². The quantitative estimate of drug-likeness (QED) is 0.140. The molecule has 8 heterocycles. The monoisotopic (exact) mass is 1160 g/mol. The van der Waals surface area contributed by atoms with E-state index in [0.29, 0.717) is 5.15 Å². The number of thiophene rings is 2. The second-order valence-corrected chi connectivity index (χ2v) is 24.2. The standard InChI is InChI=1S/C34H20N4S.C24H16N2.C10H5ClN2S.C4H9O.Na/c1-5-13-27-22(9-1)23-10-2-6-14-28(23)37(27)21-17-18-30-26(19-21)24-11-3-7-15-29(24)38(30)34-33-32(35-20-36-34)25-12-4-8-16-31(25)39-33;1-4-10-21-17(7-1)20-15-16(13-14-22(20)25-21)26-23-11-5-2-8-18(23)19-9-3-6-12-24(19)26;11-10-9-8(12-5-13-10)6-3-1-2-4-7(6)14-9;1-4(2,3)5;/h1-20H;1-15,25H;1-5H;1-3H3;/q;;;-1;+1. The molecule has 0 spiro atoms. The van der Waals surface area contributed by atoms with Crippen LogP contribution in [0.15, 0.2) is 243 Å². The van der Waals surface area contributed by atoms with Crippen LogP contribution in [0.4, 0.5) is 0 Å². The van der Waals surface area contributed by atoms with Gasteiger partial charge >= 0.3 is 29.6 Å². The molecule has 0 amide bonds. The molecule has 0 bridgehead atoms. The predicted molar refractivity (Wildman–Crippen MR) is 353 cm³/mol. The molecule has 0 aliphatic heterocycles. The van der Waals surface area contributed by atoms with E-state index >= 15 is 0 Å². The van der Waals surface area contributed by atoms with Gasteiger partial charge in [0.2, 0.25) is 0 Å². The third kappa shape index (κ3) is 9.58. The summed E-state index contributed by atoms with van der Waals surface area (Å²) in [5.74, 6) is 0.928. The van der Waals surface area contributed by atoms with Crippen LogP contribution in [0.5, 0.6) is 0 Å². The summed E-state index contributed by atoms with van der Waals surface area (Å²) < 4.78 is 11.5. The summed E-state index contributed by atoms with van der Waals surface area (Å²) in [4.78, 5) is 21.3. The van der Waals surface area contributed by atoms with E-state index in [4.69, 9.17) is 16.6 Å². The van der Waals surface area contributed by atoms with Gasteiger partial charge in [0.1, 0.15) is 17.8 Å². The van der Waals surface area contributed by atoms with Crippen molar-refractivity contribution in [1.29, 1.82) is 0 Å². The van der Waals surface area contributed by atoms with E-state index in [-0.39, 0.29) is 29.6 Å². The van der Waals surface area contributed by atoms with Crippen LogP contribution in [0.3, 0.4) is 0 Å². The number of aromatic nitrogens is 8. The molecule has 0 radical (unpaired) electrons. The summed E-state index contributed by atoms with van der Waals surface area (Å²) in [5.41, 5.74) is 13.1. The first-order valence-corrected chi connectivity index (χ1v) is 29.8. The number of rotatable bonds is 3. The second-order valence-electron chi connectivity index (χ2n) is 21.7. The van der Waals surface area contributed by atoms with E-state index in [1.165, 1.54) is 103 Å². The summed E-state index contributed by atoms with van der Waals surface area (Å²) in [5, 5.41) is 23.0. The van der Waals surface area contributed by atoms with Gasteiger partial charge in [-0.05, 0) is 84.9 Å². The molecule has 0 unspecified atom stereocenters. The molecule has 8 aromatic heterocycles. The van der Waals surface area contributed by atoms with Crippen LogP contribution >= 0.6 is 34.3 Å². The number of nitrogens with zero attached hydrogens (tertiary/aromatic N) is 7. The molecule has 10 aromatic carbocycles. The zero-order chi connectivity index (χ0) is 56.6. The molecule has 1 N–H and O–H groups in total. The van der Waals surface area contributed by atoms with E-state index < -0.39 is 5.60 Å². The van der Waals surface area contributed by atoms with Gasteiger partial charge in [-0.2, -0.15) is 0 Å². The van der Waals surface area contributed by atoms with Gasteiger partial charge in [-0.15, -0.1) is 28.3 Å². The summed E-state index contributed by atoms with van der Waals surface area (Å²) >= 11 is 9.38. The zero-order valence-corrected chi connectivity index (χ0v) is 51.2. The SMILES string of the molecule is CC(C)(C)[O-].Clc1ncnc2c1sc1ccccc12.[Na+].c1ccc2c(c1)[nH]c1ccc(-n3c4ccccc4c4ccccc43)cc12.c1ccc2c(c1)sc1c(-n3c4ccccc4c4cc(-n5c6ccccc6c6ccccc65)ccc43)ncnc12. The molecule has 0 aliphatic carbocycles. The minimum atomic E-state index is -0.750. The van der Waals surface area contributed by atoms with Crippen molar-refractivity contribution >= 4 is 162 Å². The Morgan fingerprint density at radius 1 is 0.376 bits per heavy atom. The van der Waals surface area contributed by atoms with Crippen molar-refractivity contribution < 1.29 is 34.7 Å². The van der Waals surface area contributed by atoms with Gasteiger partial charge in [-0.1, -0.05) is 178 Å². The number of nitrogens with one attached hydrogen (secondary N) is 1. The maximum atomic E-state index is 10.1. The Morgan fingerprint density at radius 3 is 1.27 bits per heavy atom. The van der Waals surface area contributed by atoms with Crippen LogP contribution in [0.2, 0.25) is 5.15 Å². The number of para-hydroxylation sites is 6. The number of halogens is 1. The van der Waals surface area contributed by atoms with E-state index in [9.17, 15) is 5.11 Å². The smallest absolute Gasteiger partial charge is 0.850 e. The molecule has 13 heteroatoms. The first kappa shape index (κ1) is 54.2. The van der Waals surface area contributed by atoms with Gasteiger partial charge in [0, 0.05) is 85.7 Å². The van der Waals surface area contributed by atoms with Crippen molar-refractivity contribution in [3.05, 3.63) is 248 Å². The van der Waals surface area contributed by atoms with Crippen molar-refractivity contribution in [3.63, 3.8) is 0 Å². The largest absolute Gasteiger partial charge is 1.00 e. The van der Waals surface area contributed by atoms with Gasteiger partial charge in [-0.3, -0.25) is 4.57 Å². The van der Waals surface area contributed by atoms with Gasteiger partial charge in [0.15, 0.2) is 5.82 Å². The van der Waals surface area contributed by atoms with Gasteiger partial charge < -0.3 is 19.2 Å². The topological polar surface area (TPSA) is 105 Å². The molecular formula is C72H50ClN8NaOS2. The van der Waals surface area contributed by atoms with Crippen molar-refractivity contribution in [2.75, 3.05) is 0 Å². The Balaban J connectivity index is 0.000000119. The van der Waals surface area contributed by atoms with Gasteiger partial charge in [0.05, 0.1) is 53.5 Å². The Bertz CT molecular complexity index is 5460. The van der Waals surface area contributed by atoms with E-state index in [0.717, 1.165) is 48.4 Å². The fraction of sp³-hybridized carbons (Fsp3) is 0.0556. The Labute approximate surface area is 523 Å². The Hall–Kier alpha value is -8.75. The maximum Gasteiger partial charge on any atom is 1.00 e. The third-order valence-electron chi connectivity index (χ3n) is 15.3. The number of aromatic amines is 1. The minimum absolute atomic E-state index is 0. The van der Waals surface area contributed by atoms with Crippen molar-refractivity contribution in [2.24, 2.45) is 0 Å². The maximum absolute atomic E-state index is 10.1. The summed E-state index contributed by atoms with van der Waals surface area (Å²) in [6.07, 6.45) is 3.20. The normalized spacial score (nSPS) is 11.7. The van der Waals surface area contributed by atoms with Crippen LogP contribution in [0.25, 0.3) is 145 Å². The van der Waals surface area contributed by atoms with E-state index in [1.54, 1.807) is 49.8 Å². The Kier molecular flexibility index (Phi) is 14.0. The summed E-state index contributed by atoms with van der Waals surface area (Å²) in [6.45, 7) is 4.90. The summed E-state index contributed by atoms with van der Waals surface area (Å²) in [7, 11) is 0. The molecule has 18 aromatic rings. The molecular weight excluding hydrogens is 1120 g/mol. The predicted octanol–water partition coefficient (Wildman–Crippen LogP) is 16.1. The van der Waals surface area contributed by atoms with Gasteiger partial charge in [-0.25, -0.2) is 19.9 Å². The van der Waals surface area contributed by atoms with Crippen LogP contribution in [0, 0.1) is 0 Å². The molecule has 18 rings (SSSR count). The first-order valence-electron chi connectivity index (χ1n) is 27.7. The molecule has 404 valence electrons. The minimum Gasteiger partial charge on any atom is -0.850 e. The van der Waals surface area contributed by atoms with Crippen molar-refractivity contribution in [3.8, 4) is 17.2 Å². The Morgan fingerprint density at radius 2 is 0.741 bits per heavy atom. The van der Waals surface area contributed by atoms with Crippen LogP contribution < -0.4 is 34.7 Å². The number of hydrogen-bond donors (Lipinski definition) is 1. The number of H-pyrrole nitrogens is 1. The van der Waals surface area contributed by atoms with E-state index in [1.807, 2.05) is 12.1 Å². The number of hydrogen-bond acceptors (Lipinski definition) is 7. The fourth-order valence-corrected chi connectivity index (χ4v) is 14.3. The second kappa shape index (κ2) is 22.0. The van der Waals surface area contributed by atoms with Crippen molar-refractivity contribution in [2.45, 2.75) is 26.4 Å². The molecule has 0 saturated carbocycles. The fourth-order valence-electron chi connectivity index (χ4n) is 11.9. The molecule has 9 nitrogen and oxygen atoms in total. The van der Waals surface area contributed by atoms with E-state index in [2.05, 4.69) is 252 Å². The van der Waals surface area contributed by atoms with Crippen LogP contribution in [0.1, 0.15) is 20.8 Å². The average Bonchev–Trinajstić information content (AvgIpc) is 2.44. The third-order valence-corrected chi connectivity index (χ3v) is 18.0. The molecule has 0 saturated heterocycles. The average molecular weight is 1170 g/mol. The number of benzene rings is 10. The molecule has 0 aliphatic rings. The molecule has 85 heavy (non-hydrogen) atoms. The first-order chi connectivity index (χ1) is 41.1. The summed E-state index contributed by atoms with van der Waals surface area (Å²) in [6, 6.07) is 81.8. The van der Waals surface area contributed by atoms with Crippen LogP contribution in [-0.2, 0) is 0 Å². The zero-order valence-electron chi connectivity index (χ0n) is 46.8. The van der Waals surface area contributed by atoms with Gasteiger partial charge in [0.25, 0.3) is 0 Å². The van der Waals surface area contributed by atoms with Crippen molar-refractivity contribution in [1.82, 2.24) is 38.6 Å². The number of fused-ring (bicyclic) bond motifs is 18.